The van der Waals surface area contributed by atoms with E-state index in [0.717, 1.165) is 4.88 Å². The monoisotopic (exact) mass is 287 g/mol. The number of aromatic hydroxyl groups is 1. The molecule has 0 atom stereocenters. The van der Waals surface area contributed by atoms with Gasteiger partial charge in [-0.15, -0.1) is 16.4 Å². The van der Waals surface area contributed by atoms with Crippen LogP contribution in [0.4, 0.5) is 0 Å². The molecule has 0 fully saturated rings. The Kier molecular flexibility index (Phi) is 2.96. The van der Waals surface area contributed by atoms with Crippen LogP contribution in [0.15, 0.2) is 41.8 Å². The van der Waals surface area contributed by atoms with Crippen LogP contribution in [-0.4, -0.2) is 31.2 Å². The van der Waals surface area contributed by atoms with Crippen LogP contribution < -0.4 is 0 Å². The number of carbonyl (C=O) groups is 1. The van der Waals surface area contributed by atoms with Crippen molar-refractivity contribution in [3.63, 3.8) is 0 Å². The van der Waals surface area contributed by atoms with E-state index < -0.39 is 5.97 Å². The molecule has 3 rings (SSSR count). The van der Waals surface area contributed by atoms with Crippen LogP contribution in [0.3, 0.4) is 0 Å². The Morgan fingerprint density at radius 2 is 1.95 bits per heavy atom. The van der Waals surface area contributed by atoms with Crippen molar-refractivity contribution < 1.29 is 15.0 Å². The lowest BCUT2D eigenvalue weighted by Gasteiger charge is -2.05. The Labute approximate surface area is 117 Å². The lowest BCUT2D eigenvalue weighted by molar-refractivity contribution is 0.0691. The Hall–Kier alpha value is -2.67. The molecule has 0 unspecified atom stereocenters. The summed E-state index contributed by atoms with van der Waals surface area (Å²) in [6.07, 6.45) is 0. The van der Waals surface area contributed by atoms with Gasteiger partial charge in [0.15, 0.2) is 5.69 Å². The lowest BCUT2D eigenvalue weighted by atomic mass is 10.2. The molecular formula is C13H9N3O3S. The molecule has 0 bridgehead atoms. The summed E-state index contributed by atoms with van der Waals surface area (Å²) in [5.74, 6) is -0.997. The van der Waals surface area contributed by atoms with Gasteiger partial charge in [0.1, 0.15) is 11.4 Å². The largest absolute Gasteiger partial charge is 0.508 e. The molecule has 0 amide bonds. The molecule has 0 radical (unpaired) electrons. The van der Waals surface area contributed by atoms with E-state index in [1.165, 1.54) is 28.2 Å². The predicted molar refractivity (Wildman–Crippen MR) is 73.3 cm³/mol. The van der Waals surface area contributed by atoms with Crippen molar-refractivity contribution in [3.05, 3.63) is 47.5 Å². The van der Waals surface area contributed by atoms with Crippen LogP contribution in [0.5, 0.6) is 5.75 Å². The van der Waals surface area contributed by atoms with Gasteiger partial charge >= 0.3 is 5.97 Å². The van der Waals surface area contributed by atoms with E-state index in [-0.39, 0.29) is 11.4 Å². The van der Waals surface area contributed by atoms with Crippen molar-refractivity contribution in [2.75, 3.05) is 0 Å². The molecule has 2 N–H and O–H groups in total. The van der Waals surface area contributed by atoms with Crippen LogP contribution in [0.1, 0.15) is 10.5 Å². The van der Waals surface area contributed by atoms with Gasteiger partial charge < -0.3 is 10.2 Å². The summed E-state index contributed by atoms with van der Waals surface area (Å²) in [5.41, 5.74) is 0.963. The number of carboxylic acids is 1. The fourth-order valence-electron chi connectivity index (χ4n) is 1.83. The average molecular weight is 287 g/mol. The highest BCUT2D eigenvalue weighted by Gasteiger charge is 2.22. The molecule has 100 valence electrons. The van der Waals surface area contributed by atoms with E-state index in [0.29, 0.717) is 11.4 Å². The van der Waals surface area contributed by atoms with Gasteiger partial charge in [0, 0.05) is 0 Å². The van der Waals surface area contributed by atoms with Crippen molar-refractivity contribution in [1.82, 2.24) is 15.0 Å². The number of phenolic OH excluding ortho intramolecular Hbond substituents is 1. The first kappa shape index (κ1) is 12.4. The van der Waals surface area contributed by atoms with Crippen molar-refractivity contribution in [3.8, 4) is 22.0 Å². The van der Waals surface area contributed by atoms with Crippen LogP contribution in [0, 0.1) is 0 Å². The van der Waals surface area contributed by atoms with Crippen LogP contribution in [0.2, 0.25) is 0 Å². The molecule has 0 aliphatic rings. The quantitative estimate of drug-likeness (QED) is 0.772. The van der Waals surface area contributed by atoms with Gasteiger partial charge in [-0.1, -0.05) is 11.3 Å². The van der Waals surface area contributed by atoms with Crippen molar-refractivity contribution in [1.29, 1.82) is 0 Å². The second-order valence-electron chi connectivity index (χ2n) is 4.00. The van der Waals surface area contributed by atoms with E-state index in [9.17, 15) is 15.0 Å². The van der Waals surface area contributed by atoms with Gasteiger partial charge in [0.25, 0.3) is 0 Å². The topological polar surface area (TPSA) is 88.2 Å². The first-order valence-corrected chi connectivity index (χ1v) is 6.57. The summed E-state index contributed by atoms with van der Waals surface area (Å²) < 4.78 is 1.45. The van der Waals surface area contributed by atoms with Gasteiger partial charge in [-0.3, -0.25) is 0 Å². The van der Waals surface area contributed by atoms with Crippen molar-refractivity contribution >= 4 is 17.3 Å². The summed E-state index contributed by atoms with van der Waals surface area (Å²) in [4.78, 5) is 12.0. The Balaban J connectivity index is 2.21. The highest BCUT2D eigenvalue weighted by molar-refractivity contribution is 7.13. The molecule has 2 aromatic heterocycles. The van der Waals surface area contributed by atoms with Gasteiger partial charge in [-0.05, 0) is 35.7 Å². The second-order valence-corrected chi connectivity index (χ2v) is 4.95. The molecule has 3 aromatic rings. The predicted octanol–water partition coefficient (Wildman–Crippen LogP) is 2.40. The molecule has 20 heavy (non-hydrogen) atoms. The number of hydrogen-bond donors (Lipinski definition) is 2. The maximum atomic E-state index is 11.3. The van der Waals surface area contributed by atoms with Gasteiger partial charge in [0.05, 0.1) is 10.6 Å². The Morgan fingerprint density at radius 3 is 2.55 bits per heavy atom. The van der Waals surface area contributed by atoms with E-state index in [1.54, 1.807) is 12.1 Å². The standard InChI is InChI=1S/C13H9N3O3S/c17-9-5-3-8(4-6-9)16-12(10-2-1-7-20-10)11(13(18)19)14-15-16/h1-7,17H,(H,18,19). The normalized spacial score (nSPS) is 10.6. The van der Waals surface area contributed by atoms with Crippen LogP contribution in [-0.2, 0) is 0 Å². The molecule has 0 aliphatic heterocycles. The molecule has 7 heteroatoms. The minimum atomic E-state index is -1.13. The van der Waals surface area contributed by atoms with Gasteiger partial charge in [-0.25, -0.2) is 9.48 Å². The molecule has 2 heterocycles. The second kappa shape index (κ2) is 4.78. The minimum Gasteiger partial charge on any atom is -0.508 e. The Bertz CT molecular complexity index is 748. The molecule has 0 aliphatic carbocycles. The lowest BCUT2D eigenvalue weighted by Crippen LogP contribution is -2.02. The minimum absolute atomic E-state index is 0.0967. The van der Waals surface area contributed by atoms with Crippen LogP contribution in [0.25, 0.3) is 16.3 Å². The first-order chi connectivity index (χ1) is 9.66. The number of aromatic carboxylic acids is 1. The van der Waals surface area contributed by atoms with Gasteiger partial charge in [0.2, 0.25) is 0 Å². The summed E-state index contributed by atoms with van der Waals surface area (Å²) in [6, 6.07) is 9.96. The summed E-state index contributed by atoms with van der Waals surface area (Å²) in [7, 11) is 0. The zero-order chi connectivity index (χ0) is 14.1. The fraction of sp³-hybridized carbons (Fsp3) is 0. The number of thiophene rings is 1. The molecular weight excluding hydrogens is 278 g/mol. The van der Waals surface area contributed by atoms with E-state index in [4.69, 9.17) is 0 Å². The number of carboxylic acid groups (broad SMARTS) is 1. The highest BCUT2D eigenvalue weighted by atomic mass is 32.1. The number of rotatable bonds is 3. The van der Waals surface area contributed by atoms with Gasteiger partial charge in [-0.2, -0.15) is 0 Å². The summed E-state index contributed by atoms with van der Waals surface area (Å²) >= 11 is 1.41. The van der Waals surface area contributed by atoms with E-state index >= 15 is 0 Å². The van der Waals surface area contributed by atoms with E-state index in [1.807, 2.05) is 17.5 Å². The zero-order valence-electron chi connectivity index (χ0n) is 10.1. The third-order valence-corrected chi connectivity index (χ3v) is 3.60. The third kappa shape index (κ3) is 2.04. The molecule has 6 nitrogen and oxygen atoms in total. The maximum Gasteiger partial charge on any atom is 0.358 e. The number of aromatic nitrogens is 3. The summed E-state index contributed by atoms with van der Waals surface area (Å²) in [5, 5.41) is 28.0. The molecule has 0 spiro atoms. The van der Waals surface area contributed by atoms with Crippen LogP contribution >= 0.6 is 11.3 Å². The van der Waals surface area contributed by atoms with E-state index in [2.05, 4.69) is 10.3 Å². The number of phenols is 1. The Morgan fingerprint density at radius 1 is 1.20 bits per heavy atom. The SMILES string of the molecule is O=C(O)c1nnn(-c2ccc(O)cc2)c1-c1cccs1. The number of hydrogen-bond acceptors (Lipinski definition) is 5. The molecule has 0 saturated carbocycles. The summed E-state index contributed by atoms with van der Waals surface area (Å²) in [6.45, 7) is 0. The molecule has 1 aromatic carbocycles. The first-order valence-electron chi connectivity index (χ1n) is 5.69. The zero-order valence-corrected chi connectivity index (χ0v) is 10.9. The van der Waals surface area contributed by atoms with Crippen molar-refractivity contribution in [2.45, 2.75) is 0 Å². The maximum absolute atomic E-state index is 11.3. The third-order valence-electron chi connectivity index (χ3n) is 2.72. The van der Waals surface area contributed by atoms with Crippen molar-refractivity contribution in [2.24, 2.45) is 0 Å². The number of nitrogens with zero attached hydrogens (tertiary/aromatic N) is 3. The highest BCUT2D eigenvalue weighted by Crippen LogP contribution is 2.29. The smallest absolute Gasteiger partial charge is 0.358 e. The average Bonchev–Trinajstić information content (AvgIpc) is 3.08. The molecule has 0 saturated heterocycles. The fourth-order valence-corrected chi connectivity index (χ4v) is 2.59. The number of benzene rings is 1.